The minimum Gasteiger partial charge on any atom is -0.465 e. The van der Waals surface area contributed by atoms with Crippen molar-refractivity contribution in [2.75, 3.05) is 7.11 Å². The number of pyridine rings is 1. The molecule has 116 valence electrons. The number of ether oxygens (including phenoxy) is 1. The molecular formula is C20H19NO2. The molecule has 0 atom stereocenters. The van der Waals surface area contributed by atoms with Gasteiger partial charge >= 0.3 is 5.97 Å². The lowest BCUT2D eigenvalue weighted by molar-refractivity contribution is 0.0601. The van der Waals surface area contributed by atoms with E-state index < -0.39 is 0 Å². The Hall–Kier alpha value is -2.68. The fourth-order valence-corrected chi connectivity index (χ4v) is 2.70. The Morgan fingerprint density at radius 1 is 1.09 bits per heavy atom. The number of carbonyl (C=O) groups excluding carboxylic acids is 1. The van der Waals surface area contributed by atoms with Crippen molar-refractivity contribution in [1.29, 1.82) is 0 Å². The predicted molar refractivity (Wildman–Crippen MR) is 92.6 cm³/mol. The third-order valence-corrected chi connectivity index (χ3v) is 3.99. The Bertz CT molecular complexity index is 868. The van der Waals surface area contributed by atoms with Crippen LogP contribution in [0.5, 0.6) is 0 Å². The Morgan fingerprint density at radius 3 is 2.65 bits per heavy atom. The van der Waals surface area contributed by atoms with Gasteiger partial charge in [0.2, 0.25) is 0 Å². The maximum absolute atomic E-state index is 11.8. The highest BCUT2D eigenvalue weighted by Crippen LogP contribution is 2.31. The predicted octanol–water partition coefficient (Wildman–Crippen LogP) is 4.81. The highest BCUT2D eigenvalue weighted by atomic mass is 16.5. The lowest BCUT2D eigenvalue weighted by Crippen LogP contribution is -2.01. The molecule has 3 rings (SSSR count). The maximum atomic E-state index is 11.8. The van der Waals surface area contributed by atoms with Gasteiger partial charge in [-0.05, 0) is 47.4 Å². The van der Waals surface area contributed by atoms with Gasteiger partial charge in [-0.1, -0.05) is 32.0 Å². The van der Waals surface area contributed by atoms with Crippen LogP contribution in [0.25, 0.3) is 22.0 Å². The van der Waals surface area contributed by atoms with Gasteiger partial charge in [0.25, 0.3) is 0 Å². The monoisotopic (exact) mass is 305 g/mol. The van der Waals surface area contributed by atoms with E-state index in [2.05, 4.69) is 37.0 Å². The molecule has 0 amide bonds. The lowest BCUT2D eigenvalue weighted by atomic mass is 9.93. The summed E-state index contributed by atoms with van der Waals surface area (Å²) < 4.78 is 4.82. The SMILES string of the molecule is COC(=O)c1cccc(-c2cc(C(C)C)cc3cccnc23)c1. The van der Waals surface area contributed by atoms with Gasteiger partial charge in [0.05, 0.1) is 18.2 Å². The number of hydrogen-bond donors (Lipinski definition) is 0. The summed E-state index contributed by atoms with van der Waals surface area (Å²) in [4.78, 5) is 16.3. The number of esters is 1. The van der Waals surface area contributed by atoms with Crippen molar-refractivity contribution in [2.24, 2.45) is 0 Å². The van der Waals surface area contributed by atoms with Crippen molar-refractivity contribution in [1.82, 2.24) is 4.98 Å². The summed E-state index contributed by atoms with van der Waals surface area (Å²) in [6, 6.07) is 15.9. The van der Waals surface area contributed by atoms with Gasteiger partial charge in [0.15, 0.2) is 0 Å². The van der Waals surface area contributed by atoms with Crippen LogP contribution in [0.4, 0.5) is 0 Å². The van der Waals surface area contributed by atoms with E-state index in [1.54, 1.807) is 12.3 Å². The second-order valence-corrected chi connectivity index (χ2v) is 5.87. The van der Waals surface area contributed by atoms with E-state index >= 15 is 0 Å². The van der Waals surface area contributed by atoms with Gasteiger partial charge in [0.1, 0.15) is 0 Å². The third kappa shape index (κ3) is 2.95. The van der Waals surface area contributed by atoms with Crippen LogP contribution in [0.15, 0.2) is 54.7 Å². The Labute approximate surface area is 135 Å². The van der Waals surface area contributed by atoms with Gasteiger partial charge in [0, 0.05) is 17.1 Å². The van der Waals surface area contributed by atoms with Crippen molar-refractivity contribution >= 4 is 16.9 Å². The molecule has 0 saturated heterocycles. The molecule has 3 nitrogen and oxygen atoms in total. The molecule has 1 aromatic heterocycles. The topological polar surface area (TPSA) is 39.2 Å². The molecule has 0 aliphatic rings. The van der Waals surface area contributed by atoms with Gasteiger partial charge in [-0.15, -0.1) is 0 Å². The zero-order chi connectivity index (χ0) is 16.4. The van der Waals surface area contributed by atoms with Crippen LogP contribution in [0.1, 0.15) is 35.7 Å². The molecule has 0 fully saturated rings. The van der Waals surface area contributed by atoms with Crippen LogP contribution in [-0.2, 0) is 4.74 Å². The second-order valence-electron chi connectivity index (χ2n) is 5.87. The van der Waals surface area contributed by atoms with E-state index in [0.717, 1.165) is 22.0 Å². The smallest absolute Gasteiger partial charge is 0.337 e. The summed E-state index contributed by atoms with van der Waals surface area (Å²) >= 11 is 0. The zero-order valence-electron chi connectivity index (χ0n) is 13.5. The van der Waals surface area contributed by atoms with E-state index in [-0.39, 0.29) is 5.97 Å². The van der Waals surface area contributed by atoms with Crippen LogP contribution in [0, 0.1) is 0 Å². The Kier molecular flexibility index (Phi) is 4.11. The number of benzene rings is 2. The van der Waals surface area contributed by atoms with Crippen LogP contribution in [0.2, 0.25) is 0 Å². The normalized spacial score (nSPS) is 11.0. The van der Waals surface area contributed by atoms with Crippen LogP contribution in [-0.4, -0.2) is 18.1 Å². The van der Waals surface area contributed by atoms with E-state index in [4.69, 9.17) is 4.74 Å². The molecule has 2 aromatic carbocycles. The highest BCUT2D eigenvalue weighted by Gasteiger charge is 2.12. The second kappa shape index (κ2) is 6.21. The van der Waals surface area contributed by atoms with Gasteiger partial charge < -0.3 is 4.74 Å². The standard InChI is InChI=1S/C20H19NO2/c1-13(2)17-11-15-8-5-9-21-19(15)18(12-17)14-6-4-7-16(10-14)20(22)23-3/h4-13H,1-3H3. The minimum absolute atomic E-state index is 0.330. The molecule has 0 aliphatic heterocycles. The number of nitrogens with zero attached hydrogens (tertiary/aromatic N) is 1. The van der Waals surface area contributed by atoms with Crippen molar-refractivity contribution in [3.8, 4) is 11.1 Å². The number of rotatable bonds is 3. The Balaban J connectivity index is 2.24. The average Bonchev–Trinajstić information content (AvgIpc) is 2.60. The average molecular weight is 305 g/mol. The fraction of sp³-hybridized carbons (Fsp3) is 0.200. The number of hydrogen-bond acceptors (Lipinski definition) is 3. The molecule has 0 bridgehead atoms. The first-order valence-corrected chi connectivity index (χ1v) is 7.67. The fourth-order valence-electron chi connectivity index (χ4n) is 2.70. The van der Waals surface area contributed by atoms with Crippen LogP contribution >= 0.6 is 0 Å². The molecule has 3 heteroatoms. The molecule has 3 aromatic rings. The summed E-state index contributed by atoms with van der Waals surface area (Å²) in [6.45, 7) is 4.35. The number of methoxy groups -OCH3 is 1. The molecule has 0 unspecified atom stereocenters. The first kappa shape index (κ1) is 15.2. The molecule has 0 aliphatic carbocycles. The van der Waals surface area contributed by atoms with E-state index in [9.17, 15) is 4.79 Å². The molecule has 0 spiro atoms. The summed E-state index contributed by atoms with van der Waals surface area (Å²) in [6.07, 6.45) is 1.80. The van der Waals surface area contributed by atoms with Crippen molar-refractivity contribution < 1.29 is 9.53 Å². The summed E-state index contributed by atoms with van der Waals surface area (Å²) in [5.74, 6) is 0.0891. The van der Waals surface area contributed by atoms with Gasteiger partial charge in [-0.3, -0.25) is 4.98 Å². The van der Waals surface area contributed by atoms with Crippen molar-refractivity contribution in [3.05, 3.63) is 65.9 Å². The van der Waals surface area contributed by atoms with Crippen LogP contribution < -0.4 is 0 Å². The van der Waals surface area contributed by atoms with Crippen molar-refractivity contribution in [2.45, 2.75) is 19.8 Å². The number of fused-ring (bicyclic) bond motifs is 1. The Morgan fingerprint density at radius 2 is 1.91 bits per heavy atom. The molecule has 0 N–H and O–H groups in total. The largest absolute Gasteiger partial charge is 0.465 e. The molecule has 0 saturated carbocycles. The highest BCUT2D eigenvalue weighted by molar-refractivity contribution is 5.96. The van der Waals surface area contributed by atoms with E-state index in [1.165, 1.54) is 12.7 Å². The van der Waals surface area contributed by atoms with Crippen LogP contribution in [0.3, 0.4) is 0 Å². The minimum atomic E-state index is -0.330. The lowest BCUT2D eigenvalue weighted by Gasteiger charge is -2.13. The first-order chi connectivity index (χ1) is 11.1. The third-order valence-electron chi connectivity index (χ3n) is 3.99. The zero-order valence-corrected chi connectivity index (χ0v) is 13.5. The van der Waals surface area contributed by atoms with E-state index in [0.29, 0.717) is 11.5 Å². The summed E-state index contributed by atoms with van der Waals surface area (Å²) in [5, 5.41) is 1.11. The number of aromatic nitrogens is 1. The first-order valence-electron chi connectivity index (χ1n) is 7.67. The molecular weight excluding hydrogens is 286 g/mol. The van der Waals surface area contributed by atoms with Gasteiger partial charge in [-0.2, -0.15) is 0 Å². The summed E-state index contributed by atoms with van der Waals surface area (Å²) in [5.41, 5.74) is 4.75. The quantitative estimate of drug-likeness (QED) is 0.652. The maximum Gasteiger partial charge on any atom is 0.337 e. The number of carbonyl (C=O) groups is 1. The molecule has 0 radical (unpaired) electrons. The van der Waals surface area contributed by atoms with Crippen molar-refractivity contribution in [3.63, 3.8) is 0 Å². The summed E-state index contributed by atoms with van der Waals surface area (Å²) in [7, 11) is 1.39. The molecule has 1 heterocycles. The van der Waals surface area contributed by atoms with Gasteiger partial charge in [-0.25, -0.2) is 4.79 Å². The van der Waals surface area contributed by atoms with E-state index in [1.807, 2.05) is 24.3 Å². The molecule has 23 heavy (non-hydrogen) atoms.